The van der Waals surface area contributed by atoms with Crippen LogP contribution in [0.5, 0.6) is 0 Å². The molecule has 0 aliphatic rings. The van der Waals surface area contributed by atoms with Gasteiger partial charge in [-0.1, -0.05) is 6.07 Å². The molecule has 17 heavy (non-hydrogen) atoms. The van der Waals surface area contributed by atoms with Crippen LogP contribution in [0.25, 0.3) is 11.1 Å². The number of hydrogen-bond acceptors (Lipinski definition) is 2. The third-order valence-electron chi connectivity index (χ3n) is 2.77. The van der Waals surface area contributed by atoms with E-state index in [4.69, 9.17) is 5.73 Å². The second-order valence-electron chi connectivity index (χ2n) is 4.10. The maximum absolute atomic E-state index is 13.3. The summed E-state index contributed by atoms with van der Waals surface area (Å²) in [7, 11) is 0. The van der Waals surface area contributed by atoms with Crippen molar-refractivity contribution in [2.75, 3.05) is 0 Å². The van der Waals surface area contributed by atoms with E-state index >= 15 is 0 Å². The molecule has 1 aromatic carbocycles. The largest absolute Gasteiger partial charge is 0.324 e. The molecule has 90 valence electrons. The molecular weight excluding hydrogens is 217 g/mol. The molecule has 2 rings (SSSR count). The van der Waals surface area contributed by atoms with Gasteiger partial charge in [-0.3, -0.25) is 4.68 Å². The van der Waals surface area contributed by atoms with E-state index in [0.717, 1.165) is 23.2 Å². The monoisotopic (exact) mass is 233 g/mol. The summed E-state index contributed by atoms with van der Waals surface area (Å²) in [6.07, 6.45) is 3.64. The normalized spacial score (nSPS) is 12.7. The van der Waals surface area contributed by atoms with Crippen LogP contribution in [0, 0.1) is 5.82 Å². The Kier molecular flexibility index (Phi) is 3.24. The van der Waals surface area contributed by atoms with Gasteiger partial charge in [0.1, 0.15) is 5.82 Å². The molecule has 0 radical (unpaired) electrons. The van der Waals surface area contributed by atoms with Gasteiger partial charge in [-0.05, 0) is 37.1 Å². The van der Waals surface area contributed by atoms with Crippen molar-refractivity contribution in [3.8, 4) is 11.1 Å². The highest BCUT2D eigenvalue weighted by atomic mass is 19.1. The van der Waals surface area contributed by atoms with Crippen LogP contribution in [-0.2, 0) is 6.54 Å². The first-order valence-electron chi connectivity index (χ1n) is 5.69. The molecule has 4 heteroatoms. The zero-order valence-corrected chi connectivity index (χ0v) is 10.0. The Labute approximate surface area is 100 Å². The fraction of sp³-hybridized carbons (Fsp3) is 0.308. The number of benzene rings is 1. The molecular formula is C13H16FN3. The summed E-state index contributed by atoms with van der Waals surface area (Å²) in [6.45, 7) is 4.69. The lowest BCUT2D eigenvalue weighted by Crippen LogP contribution is -2.06. The average molecular weight is 233 g/mol. The summed E-state index contributed by atoms with van der Waals surface area (Å²) in [5.41, 5.74) is 8.54. The van der Waals surface area contributed by atoms with Gasteiger partial charge < -0.3 is 5.73 Å². The maximum Gasteiger partial charge on any atom is 0.123 e. The fourth-order valence-electron chi connectivity index (χ4n) is 1.85. The molecule has 0 bridgehead atoms. The Morgan fingerprint density at radius 3 is 2.82 bits per heavy atom. The molecule has 1 atom stereocenters. The van der Waals surface area contributed by atoms with Crippen LogP contribution >= 0.6 is 0 Å². The second-order valence-corrected chi connectivity index (χ2v) is 4.10. The van der Waals surface area contributed by atoms with Crippen molar-refractivity contribution < 1.29 is 4.39 Å². The number of halogens is 1. The fourth-order valence-corrected chi connectivity index (χ4v) is 1.85. The van der Waals surface area contributed by atoms with E-state index in [0.29, 0.717) is 0 Å². The molecule has 1 unspecified atom stereocenters. The Morgan fingerprint density at radius 2 is 2.24 bits per heavy atom. The number of rotatable bonds is 3. The van der Waals surface area contributed by atoms with Crippen LogP contribution in [0.2, 0.25) is 0 Å². The number of nitrogens with zero attached hydrogens (tertiary/aromatic N) is 2. The van der Waals surface area contributed by atoms with Crippen molar-refractivity contribution in [3.63, 3.8) is 0 Å². The van der Waals surface area contributed by atoms with E-state index in [2.05, 4.69) is 5.10 Å². The molecule has 1 heterocycles. The topological polar surface area (TPSA) is 43.8 Å². The van der Waals surface area contributed by atoms with Crippen LogP contribution in [0.3, 0.4) is 0 Å². The lowest BCUT2D eigenvalue weighted by molar-refractivity contribution is 0.626. The minimum Gasteiger partial charge on any atom is -0.324 e. The summed E-state index contributed by atoms with van der Waals surface area (Å²) in [4.78, 5) is 0. The third kappa shape index (κ3) is 2.36. The van der Waals surface area contributed by atoms with Crippen molar-refractivity contribution in [2.45, 2.75) is 26.4 Å². The first-order chi connectivity index (χ1) is 8.11. The molecule has 0 saturated carbocycles. The van der Waals surface area contributed by atoms with E-state index in [9.17, 15) is 4.39 Å². The van der Waals surface area contributed by atoms with Gasteiger partial charge >= 0.3 is 0 Å². The molecule has 3 nitrogen and oxygen atoms in total. The minimum absolute atomic E-state index is 0.129. The molecule has 2 aromatic rings. The predicted molar refractivity (Wildman–Crippen MR) is 65.9 cm³/mol. The predicted octanol–water partition coefficient (Wildman–Crippen LogP) is 2.73. The highest BCUT2D eigenvalue weighted by Crippen LogP contribution is 2.27. The molecule has 0 fully saturated rings. The Bertz CT molecular complexity index is 517. The van der Waals surface area contributed by atoms with Crippen molar-refractivity contribution in [3.05, 3.63) is 42.0 Å². The SMILES string of the molecule is CCn1cc(-c2cc(F)ccc2C(C)N)cn1. The van der Waals surface area contributed by atoms with Crippen molar-refractivity contribution in [1.29, 1.82) is 0 Å². The Balaban J connectivity index is 2.52. The third-order valence-corrected chi connectivity index (χ3v) is 2.77. The van der Waals surface area contributed by atoms with Crippen LogP contribution < -0.4 is 5.73 Å². The van der Waals surface area contributed by atoms with Crippen molar-refractivity contribution >= 4 is 0 Å². The molecule has 2 N–H and O–H groups in total. The number of aryl methyl sites for hydroxylation is 1. The van der Waals surface area contributed by atoms with Crippen LogP contribution in [-0.4, -0.2) is 9.78 Å². The van der Waals surface area contributed by atoms with Gasteiger partial charge in [0.2, 0.25) is 0 Å². The van der Waals surface area contributed by atoms with Gasteiger partial charge in [-0.15, -0.1) is 0 Å². The lowest BCUT2D eigenvalue weighted by atomic mass is 9.98. The number of aromatic nitrogens is 2. The maximum atomic E-state index is 13.3. The van der Waals surface area contributed by atoms with E-state index in [1.165, 1.54) is 12.1 Å². The van der Waals surface area contributed by atoms with Gasteiger partial charge in [-0.2, -0.15) is 5.10 Å². The summed E-state index contributed by atoms with van der Waals surface area (Å²) >= 11 is 0. The van der Waals surface area contributed by atoms with Gasteiger partial charge in [-0.25, -0.2) is 4.39 Å². The molecule has 0 aliphatic heterocycles. The summed E-state index contributed by atoms with van der Waals surface area (Å²) in [6, 6.07) is 4.55. The van der Waals surface area contributed by atoms with Crippen molar-refractivity contribution in [2.24, 2.45) is 5.73 Å². The quantitative estimate of drug-likeness (QED) is 0.885. The zero-order valence-electron chi connectivity index (χ0n) is 10.0. The zero-order chi connectivity index (χ0) is 12.4. The smallest absolute Gasteiger partial charge is 0.123 e. The average Bonchev–Trinajstić information content (AvgIpc) is 2.76. The standard InChI is InChI=1S/C13H16FN3/c1-3-17-8-10(7-16-17)13-6-11(14)4-5-12(13)9(2)15/h4-9H,3,15H2,1-2H3. The highest BCUT2D eigenvalue weighted by molar-refractivity contribution is 5.66. The number of nitrogens with two attached hydrogens (primary N) is 1. The second kappa shape index (κ2) is 4.67. The molecule has 0 amide bonds. The Hall–Kier alpha value is -1.68. The van der Waals surface area contributed by atoms with Gasteiger partial charge in [0.25, 0.3) is 0 Å². The first-order valence-corrected chi connectivity index (χ1v) is 5.69. The van der Waals surface area contributed by atoms with Gasteiger partial charge in [0.15, 0.2) is 0 Å². The summed E-state index contributed by atoms with van der Waals surface area (Å²) in [5, 5.41) is 4.19. The summed E-state index contributed by atoms with van der Waals surface area (Å²) in [5.74, 6) is -0.256. The van der Waals surface area contributed by atoms with E-state index in [1.807, 2.05) is 24.7 Å². The first kappa shape index (κ1) is 11.8. The Morgan fingerprint density at radius 1 is 1.47 bits per heavy atom. The van der Waals surface area contributed by atoms with Gasteiger partial charge in [0.05, 0.1) is 6.20 Å². The van der Waals surface area contributed by atoms with Gasteiger partial charge in [0, 0.05) is 24.3 Å². The highest BCUT2D eigenvalue weighted by Gasteiger charge is 2.11. The molecule has 0 spiro atoms. The lowest BCUT2D eigenvalue weighted by Gasteiger charge is -2.11. The number of hydrogen-bond donors (Lipinski definition) is 1. The van der Waals surface area contributed by atoms with Crippen LogP contribution in [0.4, 0.5) is 4.39 Å². The van der Waals surface area contributed by atoms with Crippen LogP contribution in [0.15, 0.2) is 30.6 Å². The van der Waals surface area contributed by atoms with Crippen LogP contribution in [0.1, 0.15) is 25.5 Å². The molecule has 1 aromatic heterocycles. The van der Waals surface area contributed by atoms with E-state index in [-0.39, 0.29) is 11.9 Å². The molecule has 0 aliphatic carbocycles. The van der Waals surface area contributed by atoms with E-state index < -0.39 is 0 Å². The van der Waals surface area contributed by atoms with E-state index in [1.54, 1.807) is 12.3 Å². The van der Waals surface area contributed by atoms with Crippen molar-refractivity contribution in [1.82, 2.24) is 9.78 Å². The minimum atomic E-state index is -0.256. The molecule has 0 saturated heterocycles. The summed E-state index contributed by atoms with van der Waals surface area (Å²) < 4.78 is 15.1.